The fourth-order valence-corrected chi connectivity index (χ4v) is 6.79. The Morgan fingerprint density at radius 3 is 1.96 bits per heavy atom. The average Bonchev–Trinajstić information content (AvgIpc) is 3.01. The Kier molecular flexibility index (Phi) is 12.0. The Labute approximate surface area is 290 Å². The molecule has 4 aromatic carbocycles. The van der Waals surface area contributed by atoms with E-state index in [0.29, 0.717) is 10.6 Å². The molecule has 4 rings (SSSR count). The number of hydrogen-bond donors (Lipinski definition) is 1. The molecule has 1 atom stereocenters. The van der Waals surface area contributed by atoms with Crippen LogP contribution in [0.15, 0.2) is 95.9 Å². The zero-order chi connectivity index (χ0) is 33.6. The smallest absolute Gasteiger partial charge is 0.264 e. The van der Waals surface area contributed by atoms with Crippen molar-refractivity contribution in [2.75, 3.05) is 10.8 Å². The number of rotatable bonds is 12. The van der Waals surface area contributed by atoms with Crippen LogP contribution in [0.2, 0.25) is 20.1 Å². The number of aryl methyl sites for hydroxylation is 1. The minimum atomic E-state index is -4.29. The van der Waals surface area contributed by atoms with E-state index in [-0.39, 0.29) is 44.7 Å². The molecule has 1 unspecified atom stereocenters. The topological polar surface area (TPSA) is 86.8 Å². The van der Waals surface area contributed by atoms with E-state index in [0.717, 1.165) is 15.4 Å². The van der Waals surface area contributed by atoms with Crippen LogP contribution in [-0.2, 0) is 32.6 Å². The molecule has 0 aliphatic rings. The Morgan fingerprint density at radius 1 is 0.761 bits per heavy atom. The van der Waals surface area contributed by atoms with E-state index in [2.05, 4.69) is 5.32 Å². The molecule has 1 N–H and O–H groups in total. The van der Waals surface area contributed by atoms with E-state index in [9.17, 15) is 18.0 Å². The van der Waals surface area contributed by atoms with Gasteiger partial charge in [-0.1, -0.05) is 100 Å². The summed E-state index contributed by atoms with van der Waals surface area (Å²) in [5.41, 5.74) is 2.40. The molecule has 0 radical (unpaired) electrons. The molecule has 0 bridgehead atoms. The Balaban J connectivity index is 1.84. The zero-order valence-electron chi connectivity index (χ0n) is 25.4. The number of sulfonamides is 1. The largest absolute Gasteiger partial charge is 0.352 e. The first kappa shape index (κ1) is 35.6. The second-order valence-electron chi connectivity index (χ2n) is 11.1. The summed E-state index contributed by atoms with van der Waals surface area (Å²) in [6, 6.07) is 23.6. The number of benzene rings is 4. The molecule has 0 aromatic heterocycles. The maximum Gasteiger partial charge on any atom is 0.264 e. The molecule has 0 heterocycles. The number of nitrogens with zero attached hydrogens (tertiary/aromatic N) is 2. The van der Waals surface area contributed by atoms with E-state index in [1.54, 1.807) is 30.3 Å². The summed E-state index contributed by atoms with van der Waals surface area (Å²) in [6.07, 6.45) is 0.171. The fourth-order valence-electron chi connectivity index (χ4n) is 4.78. The fraction of sp³-hybridized carbons (Fsp3) is 0.235. The second kappa shape index (κ2) is 15.5. The maximum atomic E-state index is 14.5. The number of carbonyl (C=O) groups is 2. The molecule has 12 heteroatoms. The molecule has 0 fully saturated rings. The molecular weight excluding hydrogens is 688 g/mol. The van der Waals surface area contributed by atoms with Crippen LogP contribution < -0.4 is 9.62 Å². The standard InChI is InChI=1S/C34H33Cl4N3O4S/c1-22(2)39-34(43)32(18-24-7-5-4-6-8-24)40(20-25-11-15-28(35)30(37)17-25)33(42)21-41(26-12-16-29(36)31(38)19-26)46(44,45)27-13-9-23(3)10-14-27/h4-17,19,22,32H,18,20-21H2,1-3H3,(H,39,43). The molecule has 0 spiro atoms. The van der Waals surface area contributed by atoms with Crippen molar-refractivity contribution in [1.29, 1.82) is 0 Å². The summed E-state index contributed by atoms with van der Waals surface area (Å²) in [5, 5.41) is 3.86. The van der Waals surface area contributed by atoms with Gasteiger partial charge in [0.15, 0.2) is 0 Å². The lowest BCUT2D eigenvalue weighted by molar-refractivity contribution is -0.140. The van der Waals surface area contributed by atoms with Gasteiger partial charge in [-0.2, -0.15) is 0 Å². The lowest BCUT2D eigenvalue weighted by atomic mass is 10.0. The summed E-state index contributed by atoms with van der Waals surface area (Å²) >= 11 is 25.0. The van der Waals surface area contributed by atoms with Gasteiger partial charge in [0.25, 0.3) is 10.0 Å². The molecule has 0 aliphatic heterocycles. The third-order valence-electron chi connectivity index (χ3n) is 7.12. The summed E-state index contributed by atoms with van der Waals surface area (Å²) in [5.74, 6) is -1.03. The molecule has 0 aliphatic carbocycles. The Bertz CT molecular complexity index is 1800. The van der Waals surface area contributed by atoms with Gasteiger partial charge in [-0.05, 0) is 74.4 Å². The van der Waals surface area contributed by atoms with E-state index in [4.69, 9.17) is 46.4 Å². The highest BCUT2D eigenvalue weighted by Gasteiger charge is 2.35. The van der Waals surface area contributed by atoms with Crippen molar-refractivity contribution in [2.45, 2.75) is 50.7 Å². The van der Waals surface area contributed by atoms with E-state index in [1.165, 1.54) is 35.2 Å². The SMILES string of the molecule is Cc1ccc(S(=O)(=O)N(CC(=O)N(Cc2ccc(Cl)c(Cl)c2)C(Cc2ccccc2)C(=O)NC(C)C)c2ccc(Cl)c(Cl)c2)cc1. The van der Waals surface area contributed by atoms with E-state index < -0.39 is 34.4 Å². The highest BCUT2D eigenvalue weighted by Crippen LogP contribution is 2.31. The van der Waals surface area contributed by atoms with Crippen LogP contribution >= 0.6 is 46.4 Å². The number of hydrogen-bond acceptors (Lipinski definition) is 4. The highest BCUT2D eigenvalue weighted by molar-refractivity contribution is 7.92. The van der Waals surface area contributed by atoms with Gasteiger partial charge in [0.2, 0.25) is 11.8 Å². The number of amides is 2. The second-order valence-corrected chi connectivity index (χ2v) is 14.6. The van der Waals surface area contributed by atoms with Crippen LogP contribution in [0.1, 0.15) is 30.5 Å². The lowest BCUT2D eigenvalue weighted by Crippen LogP contribution is -2.54. The van der Waals surface area contributed by atoms with Gasteiger partial charge in [0.1, 0.15) is 12.6 Å². The van der Waals surface area contributed by atoms with E-state index in [1.807, 2.05) is 51.1 Å². The first-order chi connectivity index (χ1) is 21.8. The first-order valence-electron chi connectivity index (χ1n) is 14.4. The zero-order valence-corrected chi connectivity index (χ0v) is 29.2. The van der Waals surface area contributed by atoms with Crippen molar-refractivity contribution in [3.63, 3.8) is 0 Å². The maximum absolute atomic E-state index is 14.5. The van der Waals surface area contributed by atoms with Crippen molar-refractivity contribution in [3.8, 4) is 0 Å². The Hall–Kier alpha value is -3.27. The quantitative estimate of drug-likeness (QED) is 0.161. The van der Waals surface area contributed by atoms with Crippen LogP contribution in [0.25, 0.3) is 0 Å². The van der Waals surface area contributed by atoms with Crippen LogP contribution in [0.3, 0.4) is 0 Å². The van der Waals surface area contributed by atoms with Crippen molar-refractivity contribution in [3.05, 3.63) is 128 Å². The summed E-state index contributed by atoms with van der Waals surface area (Å²) in [4.78, 5) is 29.7. The predicted molar refractivity (Wildman–Crippen MR) is 186 cm³/mol. The van der Waals surface area contributed by atoms with Crippen molar-refractivity contribution < 1.29 is 18.0 Å². The minimum Gasteiger partial charge on any atom is -0.352 e. The van der Waals surface area contributed by atoms with Crippen molar-refractivity contribution >= 4 is 73.9 Å². The van der Waals surface area contributed by atoms with Crippen LogP contribution in [0, 0.1) is 6.92 Å². The monoisotopic (exact) mass is 719 g/mol. The number of carbonyl (C=O) groups excluding carboxylic acids is 2. The first-order valence-corrected chi connectivity index (χ1v) is 17.3. The Morgan fingerprint density at radius 2 is 1.37 bits per heavy atom. The summed E-state index contributed by atoms with van der Waals surface area (Å²) in [7, 11) is -4.29. The van der Waals surface area contributed by atoms with Gasteiger partial charge in [0.05, 0.1) is 30.7 Å². The summed E-state index contributed by atoms with van der Waals surface area (Å²) < 4.78 is 29.3. The van der Waals surface area contributed by atoms with Gasteiger partial charge in [-0.3, -0.25) is 13.9 Å². The van der Waals surface area contributed by atoms with Gasteiger partial charge in [0, 0.05) is 19.0 Å². The van der Waals surface area contributed by atoms with E-state index >= 15 is 0 Å². The normalized spacial score (nSPS) is 12.1. The minimum absolute atomic E-state index is 0.0219. The third-order valence-corrected chi connectivity index (χ3v) is 10.4. The summed E-state index contributed by atoms with van der Waals surface area (Å²) in [6.45, 7) is 4.78. The van der Waals surface area contributed by atoms with Crippen LogP contribution in [-0.4, -0.2) is 43.8 Å². The van der Waals surface area contributed by atoms with Gasteiger partial charge in [-0.15, -0.1) is 0 Å². The highest BCUT2D eigenvalue weighted by atomic mass is 35.5. The molecule has 0 saturated heterocycles. The molecule has 0 saturated carbocycles. The molecule has 46 heavy (non-hydrogen) atoms. The molecular formula is C34H33Cl4N3O4S. The third kappa shape index (κ3) is 8.96. The number of nitrogens with one attached hydrogen (secondary N) is 1. The number of halogens is 4. The predicted octanol–water partition coefficient (Wildman–Crippen LogP) is 7.97. The van der Waals surface area contributed by atoms with Gasteiger partial charge >= 0.3 is 0 Å². The molecule has 7 nitrogen and oxygen atoms in total. The average molecular weight is 722 g/mol. The molecule has 2 amide bonds. The van der Waals surface area contributed by atoms with Crippen LogP contribution in [0.4, 0.5) is 5.69 Å². The molecule has 4 aromatic rings. The van der Waals surface area contributed by atoms with Gasteiger partial charge < -0.3 is 10.2 Å². The van der Waals surface area contributed by atoms with Gasteiger partial charge in [-0.25, -0.2) is 8.42 Å². The van der Waals surface area contributed by atoms with Crippen molar-refractivity contribution in [2.24, 2.45) is 0 Å². The number of anilines is 1. The van der Waals surface area contributed by atoms with Crippen LogP contribution in [0.5, 0.6) is 0 Å². The van der Waals surface area contributed by atoms with Crippen molar-refractivity contribution in [1.82, 2.24) is 10.2 Å². The lowest BCUT2D eigenvalue weighted by Gasteiger charge is -2.34. The molecule has 242 valence electrons.